The molecule has 1 saturated heterocycles. The molecule has 2 unspecified atom stereocenters. The molecule has 1 aromatic heterocycles. The van der Waals surface area contributed by atoms with Crippen LogP contribution in [0.1, 0.15) is 23.8 Å². The van der Waals surface area contributed by atoms with Crippen molar-refractivity contribution in [2.45, 2.75) is 25.0 Å². The zero-order valence-electron chi connectivity index (χ0n) is 7.16. The van der Waals surface area contributed by atoms with Gasteiger partial charge in [0.2, 0.25) is 0 Å². The second-order valence-corrected chi connectivity index (χ2v) is 5.04. The molecule has 0 radical (unpaired) electrons. The van der Waals surface area contributed by atoms with Gasteiger partial charge in [0, 0.05) is 10.9 Å². The van der Waals surface area contributed by atoms with Crippen LogP contribution in [0.2, 0.25) is 4.34 Å². The van der Waals surface area contributed by atoms with E-state index in [1.807, 2.05) is 12.1 Å². The minimum Gasteiger partial charge on any atom is -0.386 e. The third-order valence-electron chi connectivity index (χ3n) is 2.37. The third kappa shape index (κ3) is 2.05. The summed E-state index contributed by atoms with van der Waals surface area (Å²) in [6.45, 7) is 1.01. The van der Waals surface area contributed by atoms with E-state index in [0.29, 0.717) is 0 Å². The Kier molecular flexibility index (Phi) is 2.89. The first kappa shape index (κ1) is 9.46. The molecular formula is C9H12ClNOS. The number of halogens is 1. The Balaban J connectivity index is 2.07. The molecule has 4 heteroatoms. The average molecular weight is 218 g/mol. The molecule has 0 aromatic carbocycles. The van der Waals surface area contributed by atoms with Gasteiger partial charge in [-0.15, -0.1) is 11.3 Å². The van der Waals surface area contributed by atoms with E-state index < -0.39 is 0 Å². The zero-order chi connectivity index (χ0) is 9.26. The number of aliphatic hydroxyl groups excluding tert-OH is 1. The second kappa shape index (κ2) is 3.96. The van der Waals surface area contributed by atoms with Crippen LogP contribution in [0.25, 0.3) is 0 Å². The molecule has 72 valence electrons. The summed E-state index contributed by atoms with van der Waals surface area (Å²) in [5.41, 5.74) is 0. The van der Waals surface area contributed by atoms with Crippen LogP contribution in [-0.2, 0) is 0 Å². The molecule has 0 spiro atoms. The predicted octanol–water partition coefficient (Wildman–Crippen LogP) is 2.19. The molecule has 2 atom stereocenters. The zero-order valence-corrected chi connectivity index (χ0v) is 8.74. The normalized spacial score (nSPS) is 24.9. The highest BCUT2D eigenvalue weighted by atomic mass is 35.5. The summed E-state index contributed by atoms with van der Waals surface area (Å²) >= 11 is 7.26. The fraction of sp³-hybridized carbons (Fsp3) is 0.556. The minimum atomic E-state index is -0.389. The van der Waals surface area contributed by atoms with Crippen molar-refractivity contribution >= 4 is 22.9 Å². The largest absolute Gasteiger partial charge is 0.386 e. The maximum absolute atomic E-state index is 9.92. The van der Waals surface area contributed by atoms with E-state index in [-0.39, 0.29) is 12.1 Å². The first-order chi connectivity index (χ1) is 6.27. The standard InChI is InChI=1S/C9H12ClNOS/c10-8-4-3-7(13-8)9(12)6-2-1-5-11-6/h3-4,6,9,11-12H,1-2,5H2. The van der Waals surface area contributed by atoms with Gasteiger partial charge in [0.05, 0.1) is 4.34 Å². The highest BCUT2D eigenvalue weighted by molar-refractivity contribution is 7.16. The summed E-state index contributed by atoms with van der Waals surface area (Å²) in [6.07, 6.45) is 1.82. The van der Waals surface area contributed by atoms with Crippen molar-refractivity contribution in [2.24, 2.45) is 0 Å². The SMILES string of the molecule is OC(c1ccc(Cl)s1)C1CCCN1. The maximum atomic E-state index is 9.92. The first-order valence-electron chi connectivity index (χ1n) is 4.44. The van der Waals surface area contributed by atoms with Crippen LogP contribution >= 0.6 is 22.9 Å². The van der Waals surface area contributed by atoms with Crippen LogP contribution in [0, 0.1) is 0 Å². The molecule has 0 bridgehead atoms. The number of nitrogens with one attached hydrogen (secondary N) is 1. The Morgan fingerprint density at radius 3 is 3.00 bits per heavy atom. The van der Waals surface area contributed by atoms with Gasteiger partial charge in [-0.25, -0.2) is 0 Å². The lowest BCUT2D eigenvalue weighted by Crippen LogP contribution is -2.28. The summed E-state index contributed by atoms with van der Waals surface area (Å²) in [5, 5.41) is 13.2. The molecule has 0 amide bonds. The lowest BCUT2D eigenvalue weighted by Gasteiger charge is -2.16. The van der Waals surface area contributed by atoms with Crippen molar-refractivity contribution in [3.8, 4) is 0 Å². The van der Waals surface area contributed by atoms with Crippen LogP contribution in [0.4, 0.5) is 0 Å². The summed E-state index contributed by atoms with van der Waals surface area (Å²) in [6, 6.07) is 3.95. The van der Waals surface area contributed by atoms with Gasteiger partial charge >= 0.3 is 0 Å². The quantitative estimate of drug-likeness (QED) is 0.796. The van der Waals surface area contributed by atoms with Gasteiger partial charge in [-0.05, 0) is 31.5 Å². The van der Waals surface area contributed by atoms with Crippen LogP contribution in [0.5, 0.6) is 0 Å². The molecule has 2 nitrogen and oxygen atoms in total. The smallest absolute Gasteiger partial charge is 0.103 e. The van der Waals surface area contributed by atoms with Crippen molar-refractivity contribution in [3.63, 3.8) is 0 Å². The van der Waals surface area contributed by atoms with Crippen molar-refractivity contribution in [1.82, 2.24) is 5.32 Å². The van der Waals surface area contributed by atoms with Crippen molar-refractivity contribution in [2.75, 3.05) is 6.54 Å². The topological polar surface area (TPSA) is 32.3 Å². The summed E-state index contributed by atoms with van der Waals surface area (Å²) in [5.74, 6) is 0. The van der Waals surface area contributed by atoms with Crippen molar-refractivity contribution in [3.05, 3.63) is 21.3 Å². The van der Waals surface area contributed by atoms with E-state index in [1.54, 1.807) is 0 Å². The second-order valence-electron chi connectivity index (χ2n) is 3.29. The molecule has 0 aliphatic carbocycles. The lowest BCUT2D eigenvalue weighted by atomic mass is 10.1. The summed E-state index contributed by atoms with van der Waals surface area (Å²) in [4.78, 5) is 0.962. The Hall–Kier alpha value is -0.0900. The van der Waals surface area contributed by atoms with Crippen molar-refractivity contribution in [1.29, 1.82) is 0 Å². The highest BCUT2D eigenvalue weighted by Gasteiger charge is 2.24. The molecule has 1 aliphatic rings. The van der Waals surface area contributed by atoms with E-state index in [2.05, 4.69) is 5.32 Å². The van der Waals surface area contributed by atoms with Crippen LogP contribution in [0.15, 0.2) is 12.1 Å². The fourth-order valence-corrected chi connectivity index (χ4v) is 2.78. The molecule has 2 N–H and O–H groups in total. The van der Waals surface area contributed by atoms with E-state index in [0.717, 1.165) is 28.6 Å². The molecule has 2 heterocycles. The predicted molar refractivity (Wildman–Crippen MR) is 55.3 cm³/mol. The highest BCUT2D eigenvalue weighted by Crippen LogP contribution is 2.30. The van der Waals surface area contributed by atoms with Crippen LogP contribution < -0.4 is 5.32 Å². The van der Waals surface area contributed by atoms with Gasteiger partial charge in [0.1, 0.15) is 6.10 Å². The van der Waals surface area contributed by atoms with E-state index >= 15 is 0 Å². The molecule has 1 fully saturated rings. The number of thiophene rings is 1. The first-order valence-corrected chi connectivity index (χ1v) is 5.63. The lowest BCUT2D eigenvalue weighted by molar-refractivity contribution is 0.141. The molecule has 1 aromatic rings. The average Bonchev–Trinajstić information content (AvgIpc) is 2.72. The van der Waals surface area contributed by atoms with Gasteiger partial charge in [-0.1, -0.05) is 11.6 Å². The Bertz CT molecular complexity index is 283. The van der Waals surface area contributed by atoms with Crippen LogP contribution in [-0.4, -0.2) is 17.7 Å². The van der Waals surface area contributed by atoms with Gasteiger partial charge in [-0.3, -0.25) is 0 Å². The van der Waals surface area contributed by atoms with Gasteiger partial charge in [0.15, 0.2) is 0 Å². The molecule has 1 aliphatic heterocycles. The molecule has 2 rings (SSSR count). The Morgan fingerprint density at radius 1 is 1.62 bits per heavy atom. The summed E-state index contributed by atoms with van der Waals surface area (Å²) < 4.78 is 0.743. The van der Waals surface area contributed by atoms with E-state index in [1.165, 1.54) is 11.3 Å². The Morgan fingerprint density at radius 2 is 2.46 bits per heavy atom. The van der Waals surface area contributed by atoms with Gasteiger partial charge in [-0.2, -0.15) is 0 Å². The number of hydrogen-bond acceptors (Lipinski definition) is 3. The molecular weight excluding hydrogens is 206 g/mol. The van der Waals surface area contributed by atoms with Crippen molar-refractivity contribution < 1.29 is 5.11 Å². The minimum absolute atomic E-state index is 0.217. The molecule has 0 saturated carbocycles. The number of aliphatic hydroxyl groups is 1. The van der Waals surface area contributed by atoms with Gasteiger partial charge in [0.25, 0.3) is 0 Å². The maximum Gasteiger partial charge on any atom is 0.103 e. The van der Waals surface area contributed by atoms with E-state index in [9.17, 15) is 5.11 Å². The monoisotopic (exact) mass is 217 g/mol. The van der Waals surface area contributed by atoms with Gasteiger partial charge < -0.3 is 10.4 Å². The van der Waals surface area contributed by atoms with E-state index in [4.69, 9.17) is 11.6 Å². The Labute approximate surface area is 86.5 Å². The van der Waals surface area contributed by atoms with Crippen LogP contribution in [0.3, 0.4) is 0 Å². The fourth-order valence-electron chi connectivity index (χ4n) is 1.67. The third-order valence-corrected chi connectivity index (χ3v) is 3.67. The number of hydrogen-bond donors (Lipinski definition) is 2. The summed E-state index contributed by atoms with van der Waals surface area (Å²) in [7, 11) is 0. The number of rotatable bonds is 2. The molecule has 13 heavy (non-hydrogen) atoms.